The monoisotopic (exact) mass is 422 g/mol. The molecule has 1 aliphatic carbocycles. The van der Waals surface area contributed by atoms with Gasteiger partial charge in [-0.2, -0.15) is 0 Å². The lowest BCUT2D eigenvalue weighted by Gasteiger charge is -2.06. The molecule has 27 heavy (non-hydrogen) atoms. The summed E-state index contributed by atoms with van der Waals surface area (Å²) in [5, 5.41) is 9.98. The molecule has 1 aliphatic rings. The Kier molecular flexibility index (Phi) is 5.08. The van der Waals surface area contributed by atoms with E-state index in [1.165, 1.54) is 10.7 Å². The van der Waals surface area contributed by atoms with Gasteiger partial charge in [0.2, 0.25) is 0 Å². The van der Waals surface area contributed by atoms with Crippen LogP contribution in [0.2, 0.25) is 10.0 Å². The standard InChI is InChI=1S/C18H16Cl2N4O2S/c19-11-3-6-13(14(20)10-11)17(25)21-7-8-23-18(26)24(12-4-5-12)16(22-23)15-2-1-9-27-15/h1-3,6,9-10,12H,4-5,7-8H2,(H,21,25). The highest BCUT2D eigenvalue weighted by atomic mass is 35.5. The summed E-state index contributed by atoms with van der Waals surface area (Å²) in [4.78, 5) is 26.0. The first-order valence-corrected chi connectivity index (χ1v) is 10.1. The molecular formula is C18H16Cl2N4O2S. The molecule has 1 N–H and O–H groups in total. The van der Waals surface area contributed by atoms with E-state index in [2.05, 4.69) is 10.4 Å². The smallest absolute Gasteiger partial charge is 0.346 e. The van der Waals surface area contributed by atoms with Gasteiger partial charge in [-0.25, -0.2) is 9.48 Å². The van der Waals surface area contributed by atoms with Gasteiger partial charge in [0.1, 0.15) is 0 Å². The summed E-state index contributed by atoms with van der Waals surface area (Å²) in [7, 11) is 0. The van der Waals surface area contributed by atoms with Gasteiger partial charge in [0.15, 0.2) is 5.82 Å². The summed E-state index contributed by atoms with van der Waals surface area (Å²) < 4.78 is 3.18. The zero-order valence-corrected chi connectivity index (χ0v) is 16.5. The van der Waals surface area contributed by atoms with Gasteiger partial charge >= 0.3 is 5.69 Å². The van der Waals surface area contributed by atoms with Crippen LogP contribution >= 0.6 is 34.5 Å². The van der Waals surface area contributed by atoms with Crippen LogP contribution in [0.3, 0.4) is 0 Å². The fourth-order valence-electron chi connectivity index (χ4n) is 2.85. The number of hydrogen-bond acceptors (Lipinski definition) is 4. The Morgan fingerprint density at radius 2 is 2.11 bits per heavy atom. The number of rotatable bonds is 6. The second kappa shape index (κ2) is 7.50. The van der Waals surface area contributed by atoms with Crippen LogP contribution in [0, 0.1) is 0 Å². The van der Waals surface area contributed by atoms with Gasteiger partial charge in [0.05, 0.1) is 22.0 Å². The maximum Gasteiger partial charge on any atom is 0.346 e. The number of nitrogens with one attached hydrogen (secondary N) is 1. The van der Waals surface area contributed by atoms with Crippen molar-refractivity contribution in [2.75, 3.05) is 6.54 Å². The molecule has 2 heterocycles. The molecule has 1 amide bonds. The first-order chi connectivity index (χ1) is 13.0. The Morgan fingerprint density at radius 1 is 1.30 bits per heavy atom. The quantitative estimate of drug-likeness (QED) is 0.655. The van der Waals surface area contributed by atoms with E-state index in [0.717, 1.165) is 17.7 Å². The highest BCUT2D eigenvalue weighted by molar-refractivity contribution is 7.13. The fourth-order valence-corrected chi connectivity index (χ4v) is 4.05. The van der Waals surface area contributed by atoms with Crippen LogP contribution in [0.15, 0.2) is 40.5 Å². The molecule has 0 radical (unpaired) electrons. The third-order valence-corrected chi connectivity index (χ3v) is 5.72. The summed E-state index contributed by atoms with van der Waals surface area (Å²) in [6.45, 7) is 0.553. The third kappa shape index (κ3) is 3.81. The van der Waals surface area contributed by atoms with Gasteiger partial charge in [-0.05, 0) is 42.5 Å². The molecule has 2 aromatic heterocycles. The topological polar surface area (TPSA) is 68.9 Å². The maximum atomic E-state index is 12.7. The number of thiophene rings is 1. The van der Waals surface area contributed by atoms with Crippen molar-refractivity contribution in [3.63, 3.8) is 0 Å². The first kappa shape index (κ1) is 18.3. The van der Waals surface area contributed by atoms with Crippen LogP contribution in [0.4, 0.5) is 0 Å². The predicted octanol–water partition coefficient (Wildman–Crippen LogP) is 3.85. The highest BCUT2D eigenvalue weighted by Gasteiger charge is 2.30. The molecule has 9 heteroatoms. The van der Waals surface area contributed by atoms with Crippen molar-refractivity contribution in [3.05, 3.63) is 61.8 Å². The van der Waals surface area contributed by atoms with E-state index >= 15 is 0 Å². The lowest BCUT2D eigenvalue weighted by molar-refractivity contribution is 0.0952. The van der Waals surface area contributed by atoms with Crippen molar-refractivity contribution >= 4 is 40.4 Å². The molecule has 6 nitrogen and oxygen atoms in total. The van der Waals surface area contributed by atoms with E-state index in [9.17, 15) is 9.59 Å². The average molecular weight is 423 g/mol. The lowest BCUT2D eigenvalue weighted by atomic mass is 10.2. The summed E-state index contributed by atoms with van der Waals surface area (Å²) in [5.74, 6) is 0.384. The second-order valence-corrected chi connectivity index (χ2v) is 8.08. The summed E-state index contributed by atoms with van der Waals surface area (Å²) in [5.41, 5.74) is 0.205. The molecule has 1 aromatic carbocycles. The van der Waals surface area contributed by atoms with Crippen LogP contribution in [0.1, 0.15) is 29.2 Å². The molecule has 1 fully saturated rings. The van der Waals surface area contributed by atoms with E-state index in [-0.39, 0.29) is 35.8 Å². The van der Waals surface area contributed by atoms with Gasteiger partial charge in [0, 0.05) is 17.6 Å². The Hall–Kier alpha value is -2.09. The Morgan fingerprint density at radius 3 is 2.78 bits per heavy atom. The maximum absolute atomic E-state index is 12.7. The molecule has 0 saturated heterocycles. The van der Waals surface area contributed by atoms with Crippen molar-refractivity contribution in [2.45, 2.75) is 25.4 Å². The SMILES string of the molecule is O=C(NCCn1nc(-c2cccs2)n(C2CC2)c1=O)c1ccc(Cl)cc1Cl. The molecule has 4 rings (SSSR count). The molecule has 0 spiro atoms. The summed E-state index contributed by atoms with van der Waals surface area (Å²) in [6, 6.07) is 8.83. The van der Waals surface area contributed by atoms with Gasteiger partial charge in [-0.3, -0.25) is 9.36 Å². The number of halogens is 2. The van der Waals surface area contributed by atoms with Crippen molar-refractivity contribution in [2.24, 2.45) is 0 Å². The number of carbonyl (C=O) groups is 1. The second-order valence-electron chi connectivity index (χ2n) is 6.29. The van der Waals surface area contributed by atoms with E-state index in [1.54, 1.807) is 28.0 Å². The van der Waals surface area contributed by atoms with Gasteiger partial charge in [-0.15, -0.1) is 16.4 Å². The number of nitrogens with zero attached hydrogens (tertiary/aromatic N) is 3. The number of aromatic nitrogens is 3. The third-order valence-electron chi connectivity index (χ3n) is 4.31. The van der Waals surface area contributed by atoms with E-state index in [4.69, 9.17) is 23.2 Å². The lowest BCUT2D eigenvalue weighted by Crippen LogP contribution is -2.32. The van der Waals surface area contributed by atoms with Crippen LogP contribution in [-0.2, 0) is 6.54 Å². The average Bonchev–Trinajstić information content (AvgIpc) is 3.20. The molecule has 3 aromatic rings. The molecule has 0 atom stereocenters. The van der Waals surface area contributed by atoms with E-state index in [0.29, 0.717) is 16.4 Å². The highest BCUT2D eigenvalue weighted by Crippen LogP contribution is 2.37. The minimum atomic E-state index is -0.315. The Bertz CT molecular complexity index is 1040. The molecule has 0 unspecified atom stereocenters. The zero-order chi connectivity index (χ0) is 19.0. The minimum absolute atomic E-state index is 0.139. The summed E-state index contributed by atoms with van der Waals surface area (Å²) in [6.07, 6.45) is 1.99. The zero-order valence-electron chi connectivity index (χ0n) is 14.2. The van der Waals surface area contributed by atoms with Crippen molar-refractivity contribution in [3.8, 4) is 10.7 Å². The number of amides is 1. The minimum Gasteiger partial charge on any atom is -0.350 e. The molecule has 0 bridgehead atoms. The fraction of sp³-hybridized carbons (Fsp3) is 0.278. The molecule has 1 saturated carbocycles. The van der Waals surface area contributed by atoms with Crippen LogP contribution in [0.5, 0.6) is 0 Å². The molecule has 0 aliphatic heterocycles. The van der Waals surface area contributed by atoms with Crippen LogP contribution < -0.4 is 11.0 Å². The number of hydrogen-bond donors (Lipinski definition) is 1. The van der Waals surface area contributed by atoms with Crippen molar-refractivity contribution in [1.82, 2.24) is 19.7 Å². The Balaban J connectivity index is 1.48. The van der Waals surface area contributed by atoms with Gasteiger partial charge in [0.25, 0.3) is 5.91 Å². The van der Waals surface area contributed by atoms with E-state index < -0.39 is 0 Å². The Labute approximate surface area is 169 Å². The first-order valence-electron chi connectivity index (χ1n) is 8.51. The van der Waals surface area contributed by atoms with E-state index in [1.807, 2.05) is 17.5 Å². The predicted molar refractivity (Wildman–Crippen MR) is 107 cm³/mol. The van der Waals surface area contributed by atoms with Gasteiger partial charge in [-0.1, -0.05) is 29.3 Å². The van der Waals surface area contributed by atoms with Crippen LogP contribution in [-0.4, -0.2) is 26.8 Å². The number of benzene rings is 1. The normalized spacial score (nSPS) is 13.7. The largest absolute Gasteiger partial charge is 0.350 e. The van der Waals surface area contributed by atoms with Crippen LogP contribution in [0.25, 0.3) is 10.7 Å². The van der Waals surface area contributed by atoms with Gasteiger partial charge < -0.3 is 5.32 Å². The number of carbonyl (C=O) groups excluding carboxylic acids is 1. The molecular weight excluding hydrogens is 407 g/mol. The molecule has 140 valence electrons. The van der Waals surface area contributed by atoms with Crippen molar-refractivity contribution < 1.29 is 4.79 Å². The summed E-state index contributed by atoms with van der Waals surface area (Å²) >= 11 is 13.5. The van der Waals surface area contributed by atoms with Crippen molar-refractivity contribution in [1.29, 1.82) is 0 Å².